The van der Waals surface area contributed by atoms with Crippen LogP contribution in [0.4, 0.5) is 0 Å². The standard InChI is InChI=1S/C18H35N3/c1-15(2)7-12-21(17-5-3-4-6-17)18(13-19)14-20-10-8-16(18)9-11-20/h15-17H,3-14,19H2,1-2H3. The molecule has 0 spiro atoms. The Hall–Kier alpha value is -0.120. The third kappa shape index (κ3) is 3.02. The van der Waals surface area contributed by atoms with Crippen LogP contribution in [0.25, 0.3) is 0 Å². The van der Waals surface area contributed by atoms with Crippen LogP contribution in [-0.4, -0.2) is 54.1 Å². The second kappa shape index (κ2) is 6.55. The molecule has 2 bridgehead atoms. The molecule has 1 aliphatic carbocycles. The summed E-state index contributed by atoms with van der Waals surface area (Å²) in [5.41, 5.74) is 6.72. The van der Waals surface area contributed by atoms with E-state index < -0.39 is 0 Å². The van der Waals surface area contributed by atoms with Gasteiger partial charge in [0.15, 0.2) is 0 Å². The van der Waals surface area contributed by atoms with Crippen molar-refractivity contribution in [1.29, 1.82) is 0 Å². The molecular formula is C18H35N3. The second-order valence-corrected chi connectivity index (χ2v) is 8.17. The molecule has 4 rings (SSSR count). The van der Waals surface area contributed by atoms with Crippen LogP contribution in [0.2, 0.25) is 0 Å². The molecule has 4 aliphatic rings. The van der Waals surface area contributed by atoms with Crippen molar-refractivity contribution in [2.45, 2.75) is 70.4 Å². The van der Waals surface area contributed by atoms with Crippen molar-refractivity contribution in [2.75, 3.05) is 32.7 Å². The van der Waals surface area contributed by atoms with Gasteiger partial charge in [0.25, 0.3) is 0 Å². The van der Waals surface area contributed by atoms with Crippen LogP contribution < -0.4 is 5.73 Å². The van der Waals surface area contributed by atoms with Gasteiger partial charge in [0.05, 0.1) is 0 Å². The minimum atomic E-state index is 0.292. The van der Waals surface area contributed by atoms with Crippen molar-refractivity contribution in [3.8, 4) is 0 Å². The van der Waals surface area contributed by atoms with Gasteiger partial charge in [0, 0.05) is 24.7 Å². The highest BCUT2D eigenvalue weighted by Gasteiger charge is 2.51. The number of nitrogens with two attached hydrogens (primary N) is 1. The number of hydrogen-bond acceptors (Lipinski definition) is 3. The van der Waals surface area contributed by atoms with Gasteiger partial charge in [-0.3, -0.25) is 4.90 Å². The van der Waals surface area contributed by atoms with E-state index in [1.807, 2.05) is 0 Å². The number of rotatable bonds is 6. The first-order valence-corrected chi connectivity index (χ1v) is 9.35. The zero-order valence-electron chi connectivity index (χ0n) is 14.2. The molecule has 3 saturated heterocycles. The Balaban J connectivity index is 1.81. The second-order valence-electron chi connectivity index (χ2n) is 8.17. The molecule has 0 amide bonds. The average molecular weight is 293 g/mol. The van der Waals surface area contributed by atoms with E-state index in [0.29, 0.717) is 5.54 Å². The molecule has 3 aliphatic heterocycles. The third-order valence-corrected chi connectivity index (χ3v) is 6.48. The largest absolute Gasteiger partial charge is 0.329 e. The van der Waals surface area contributed by atoms with E-state index in [1.165, 1.54) is 71.1 Å². The molecule has 3 heterocycles. The molecule has 1 atom stereocenters. The van der Waals surface area contributed by atoms with Crippen LogP contribution in [0.5, 0.6) is 0 Å². The molecule has 0 aromatic heterocycles. The third-order valence-electron chi connectivity index (χ3n) is 6.48. The maximum absolute atomic E-state index is 6.43. The van der Waals surface area contributed by atoms with Gasteiger partial charge in [-0.25, -0.2) is 0 Å². The van der Waals surface area contributed by atoms with Crippen molar-refractivity contribution in [1.82, 2.24) is 9.80 Å². The fourth-order valence-corrected chi connectivity index (χ4v) is 5.20. The highest BCUT2D eigenvalue weighted by atomic mass is 15.3. The van der Waals surface area contributed by atoms with Gasteiger partial charge in [-0.1, -0.05) is 26.7 Å². The minimum Gasteiger partial charge on any atom is -0.329 e. The van der Waals surface area contributed by atoms with E-state index in [4.69, 9.17) is 5.73 Å². The predicted octanol–water partition coefficient (Wildman–Crippen LogP) is 2.70. The first kappa shape index (κ1) is 15.8. The summed E-state index contributed by atoms with van der Waals surface area (Å²) in [7, 11) is 0. The molecule has 1 saturated carbocycles. The van der Waals surface area contributed by atoms with Gasteiger partial charge in [0.2, 0.25) is 0 Å². The molecule has 3 nitrogen and oxygen atoms in total. The minimum absolute atomic E-state index is 0.292. The summed E-state index contributed by atoms with van der Waals surface area (Å²) in [6, 6.07) is 0.813. The smallest absolute Gasteiger partial charge is 0.0490 e. The highest BCUT2D eigenvalue weighted by molar-refractivity contribution is 5.08. The number of nitrogens with zero attached hydrogens (tertiary/aromatic N) is 2. The molecule has 2 N–H and O–H groups in total. The molecular weight excluding hydrogens is 258 g/mol. The predicted molar refractivity (Wildman–Crippen MR) is 89.4 cm³/mol. The molecule has 122 valence electrons. The summed E-state index contributed by atoms with van der Waals surface area (Å²) >= 11 is 0. The Labute approximate surface area is 131 Å². The summed E-state index contributed by atoms with van der Waals surface area (Å²) in [5.74, 6) is 1.64. The fourth-order valence-electron chi connectivity index (χ4n) is 5.20. The zero-order valence-corrected chi connectivity index (χ0v) is 14.2. The Morgan fingerprint density at radius 2 is 1.81 bits per heavy atom. The van der Waals surface area contributed by atoms with Crippen molar-refractivity contribution >= 4 is 0 Å². The summed E-state index contributed by atoms with van der Waals surface area (Å²) in [4.78, 5) is 5.60. The quantitative estimate of drug-likeness (QED) is 0.817. The Morgan fingerprint density at radius 1 is 1.14 bits per heavy atom. The highest BCUT2D eigenvalue weighted by Crippen LogP contribution is 2.42. The molecule has 0 aromatic rings. The maximum Gasteiger partial charge on any atom is 0.0490 e. The molecule has 3 heteroatoms. The lowest BCUT2D eigenvalue weighted by molar-refractivity contribution is -0.0860. The molecule has 21 heavy (non-hydrogen) atoms. The molecule has 0 aromatic carbocycles. The van der Waals surface area contributed by atoms with Crippen molar-refractivity contribution in [2.24, 2.45) is 17.6 Å². The average Bonchev–Trinajstić information content (AvgIpc) is 3.02. The van der Waals surface area contributed by atoms with Crippen LogP contribution in [0, 0.1) is 11.8 Å². The molecule has 1 unspecified atom stereocenters. The summed E-state index contributed by atoms with van der Waals surface area (Å²) in [5, 5.41) is 0. The Kier molecular flexibility index (Phi) is 4.92. The van der Waals surface area contributed by atoms with Gasteiger partial charge in [-0.05, 0) is 63.6 Å². The molecule has 4 fully saturated rings. The van der Waals surface area contributed by atoms with Gasteiger partial charge < -0.3 is 10.6 Å². The normalized spacial score (nSPS) is 37.0. The van der Waals surface area contributed by atoms with Crippen LogP contribution in [0.3, 0.4) is 0 Å². The monoisotopic (exact) mass is 293 g/mol. The van der Waals surface area contributed by atoms with Crippen LogP contribution in [0.1, 0.15) is 58.8 Å². The molecule has 0 radical (unpaired) electrons. The number of fused-ring (bicyclic) bond motifs is 3. The van der Waals surface area contributed by atoms with E-state index in [9.17, 15) is 0 Å². The van der Waals surface area contributed by atoms with Crippen LogP contribution >= 0.6 is 0 Å². The fraction of sp³-hybridized carbons (Fsp3) is 1.00. The number of piperidine rings is 3. The lowest BCUT2D eigenvalue weighted by Gasteiger charge is -2.59. The first-order valence-electron chi connectivity index (χ1n) is 9.35. The topological polar surface area (TPSA) is 32.5 Å². The van der Waals surface area contributed by atoms with E-state index >= 15 is 0 Å². The first-order chi connectivity index (χ1) is 10.2. The Bertz CT molecular complexity index is 329. The van der Waals surface area contributed by atoms with Gasteiger partial charge in [0.1, 0.15) is 0 Å². The number of hydrogen-bond donors (Lipinski definition) is 1. The van der Waals surface area contributed by atoms with E-state index in [1.54, 1.807) is 0 Å². The summed E-state index contributed by atoms with van der Waals surface area (Å²) < 4.78 is 0. The van der Waals surface area contributed by atoms with Crippen LogP contribution in [-0.2, 0) is 0 Å². The SMILES string of the molecule is CC(C)CCN(C1CCCC1)C1(CN)CN2CCC1CC2. The zero-order chi connectivity index (χ0) is 14.9. The van der Waals surface area contributed by atoms with Crippen molar-refractivity contribution < 1.29 is 0 Å². The van der Waals surface area contributed by atoms with Gasteiger partial charge in [-0.2, -0.15) is 0 Å². The van der Waals surface area contributed by atoms with Gasteiger partial charge in [-0.15, -0.1) is 0 Å². The summed E-state index contributed by atoms with van der Waals surface area (Å²) in [6.07, 6.45) is 9.75. The maximum atomic E-state index is 6.43. The lowest BCUT2D eigenvalue weighted by Crippen LogP contribution is -2.71. The van der Waals surface area contributed by atoms with Crippen LogP contribution in [0.15, 0.2) is 0 Å². The van der Waals surface area contributed by atoms with E-state index in [2.05, 4.69) is 23.6 Å². The lowest BCUT2D eigenvalue weighted by atomic mass is 9.70. The van der Waals surface area contributed by atoms with Gasteiger partial charge >= 0.3 is 0 Å². The van der Waals surface area contributed by atoms with E-state index in [-0.39, 0.29) is 0 Å². The Morgan fingerprint density at radius 3 is 2.29 bits per heavy atom. The van der Waals surface area contributed by atoms with E-state index in [0.717, 1.165) is 24.4 Å². The summed E-state index contributed by atoms with van der Waals surface area (Å²) in [6.45, 7) is 10.7. The van der Waals surface area contributed by atoms with Crippen molar-refractivity contribution in [3.05, 3.63) is 0 Å². The van der Waals surface area contributed by atoms with Crippen molar-refractivity contribution in [3.63, 3.8) is 0 Å².